The largest absolute Gasteiger partial charge is 0.397 e. The Balaban J connectivity index is 1.43. The number of pyridine rings is 1. The number of thiophene rings is 2. The quantitative estimate of drug-likeness (QED) is 0.608. The Labute approximate surface area is 183 Å². The predicted octanol–water partition coefficient (Wildman–Crippen LogP) is 2.74. The van der Waals surface area contributed by atoms with Crippen molar-refractivity contribution in [3.63, 3.8) is 0 Å². The van der Waals surface area contributed by atoms with E-state index in [2.05, 4.69) is 21.2 Å². The second-order valence-electron chi connectivity index (χ2n) is 7.80. The average Bonchev–Trinajstić information content (AvgIpc) is 3.46. The second-order valence-corrected chi connectivity index (χ2v) is 9.74. The van der Waals surface area contributed by atoms with E-state index >= 15 is 0 Å². The highest BCUT2D eigenvalue weighted by atomic mass is 32.1. The van der Waals surface area contributed by atoms with Gasteiger partial charge >= 0.3 is 0 Å². The van der Waals surface area contributed by atoms with Gasteiger partial charge in [-0.15, -0.1) is 22.7 Å². The lowest BCUT2D eigenvalue weighted by Crippen LogP contribution is -2.37. The molecule has 30 heavy (non-hydrogen) atoms. The molecule has 2 aliphatic heterocycles. The number of primary amides is 1. The monoisotopic (exact) mass is 443 g/mol. The van der Waals surface area contributed by atoms with Gasteiger partial charge in [-0.3, -0.25) is 14.6 Å². The number of hydrogen-bond donors (Lipinski definition) is 2. The number of carbonyl (C=O) groups is 1. The summed E-state index contributed by atoms with van der Waals surface area (Å²) in [5, 5.41) is 2.95. The summed E-state index contributed by atoms with van der Waals surface area (Å²) >= 11 is 2.99. The summed E-state index contributed by atoms with van der Waals surface area (Å²) < 4.78 is 5.44. The standard InChI is InChI=1S/C21H25N5O2S2/c22-18-17-16(15-3-1-10-29-15)13-11-26(5-2-4-25-6-8-28-9-7-25)12-14(13)24-21(17)30-19(18)20(23)27/h1,3,10H,2,4-9,11-12,22H2,(H2,23,27). The number of hydrogen-bond acceptors (Lipinski definition) is 8. The molecule has 158 valence electrons. The normalized spacial score (nSPS) is 17.6. The third-order valence-corrected chi connectivity index (χ3v) is 7.86. The Morgan fingerprint density at radius 1 is 1.20 bits per heavy atom. The van der Waals surface area contributed by atoms with Crippen molar-refractivity contribution in [2.45, 2.75) is 19.5 Å². The topological polar surface area (TPSA) is 97.7 Å². The number of nitrogen functional groups attached to an aromatic ring is 1. The first-order valence-electron chi connectivity index (χ1n) is 10.2. The van der Waals surface area contributed by atoms with Crippen LogP contribution in [0.1, 0.15) is 27.3 Å². The Kier molecular flexibility index (Phi) is 5.46. The smallest absolute Gasteiger partial charge is 0.260 e. The molecule has 0 saturated carbocycles. The molecule has 3 aromatic heterocycles. The van der Waals surface area contributed by atoms with Gasteiger partial charge in [-0.05, 0) is 30.0 Å². The summed E-state index contributed by atoms with van der Waals surface area (Å²) in [5.41, 5.74) is 15.9. The van der Waals surface area contributed by atoms with E-state index < -0.39 is 5.91 Å². The second kappa shape index (κ2) is 8.24. The first-order valence-corrected chi connectivity index (χ1v) is 11.9. The van der Waals surface area contributed by atoms with Crippen LogP contribution in [0.15, 0.2) is 17.5 Å². The number of nitrogens with two attached hydrogens (primary N) is 2. The van der Waals surface area contributed by atoms with Gasteiger partial charge in [-0.25, -0.2) is 4.98 Å². The molecule has 0 aromatic carbocycles. The third kappa shape index (κ3) is 3.61. The predicted molar refractivity (Wildman–Crippen MR) is 122 cm³/mol. The zero-order chi connectivity index (χ0) is 20.7. The molecule has 1 saturated heterocycles. The van der Waals surface area contributed by atoms with Crippen LogP contribution in [0.25, 0.3) is 20.7 Å². The van der Waals surface area contributed by atoms with Gasteiger partial charge in [0.2, 0.25) is 0 Å². The minimum absolute atomic E-state index is 0.404. The fourth-order valence-electron chi connectivity index (χ4n) is 4.41. The third-order valence-electron chi connectivity index (χ3n) is 5.86. The number of nitrogens with zero attached hydrogens (tertiary/aromatic N) is 3. The molecular formula is C21H25N5O2S2. The van der Waals surface area contributed by atoms with Gasteiger partial charge in [-0.1, -0.05) is 6.07 Å². The number of morpholine rings is 1. The summed E-state index contributed by atoms with van der Waals surface area (Å²) in [7, 11) is 0. The lowest BCUT2D eigenvalue weighted by atomic mass is 10.0. The van der Waals surface area contributed by atoms with Crippen LogP contribution in [0.5, 0.6) is 0 Å². The van der Waals surface area contributed by atoms with Crippen LogP contribution < -0.4 is 11.5 Å². The maximum Gasteiger partial charge on any atom is 0.260 e. The Bertz CT molecular complexity index is 1070. The number of amides is 1. The molecule has 2 aliphatic rings. The molecule has 3 aromatic rings. The minimum atomic E-state index is -0.488. The first kappa shape index (κ1) is 19.9. The van der Waals surface area contributed by atoms with Crippen molar-refractivity contribution in [3.8, 4) is 10.4 Å². The number of rotatable bonds is 6. The maximum atomic E-state index is 11.9. The zero-order valence-electron chi connectivity index (χ0n) is 16.7. The summed E-state index contributed by atoms with van der Waals surface area (Å²) in [6, 6.07) is 4.16. The van der Waals surface area contributed by atoms with E-state index in [-0.39, 0.29) is 0 Å². The Hall–Kier alpha value is -2.04. The number of fused-ring (bicyclic) bond motifs is 2. The molecule has 5 heterocycles. The van der Waals surface area contributed by atoms with Crippen LogP contribution in [-0.4, -0.2) is 60.1 Å². The van der Waals surface area contributed by atoms with Crippen molar-refractivity contribution in [3.05, 3.63) is 33.6 Å². The summed E-state index contributed by atoms with van der Waals surface area (Å²) in [4.78, 5) is 24.1. The molecule has 0 bridgehead atoms. The van der Waals surface area contributed by atoms with E-state index in [4.69, 9.17) is 21.2 Å². The van der Waals surface area contributed by atoms with E-state index in [1.165, 1.54) is 16.9 Å². The van der Waals surface area contributed by atoms with Crippen molar-refractivity contribution in [1.82, 2.24) is 14.8 Å². The maximum absolute atomic E-state index is 11.9. The molecule has 0 unspecified atom stereocenters. The first-order chi connectivity index (χ1) is 14.6. The highest BCUT2D eigenvalue weighted by molar-refractivity contribution is 7.21. The van der Waals surface area contributed by atoms with Crippen LogP contribution in [0.3, 0.4) is 0 Å². The van der Waals surface area contributed by atoms with Crippen LogP contribution in [0.4, 0.5) is 5.69 Å². The SMILES string of the molecule is NC(=O)c1sc2nc3c(c(-c4cccs4)c2c1N)CN(CCCN1CCOCC1)C3. The van der Waals surface area contributed by atoms with E-state index in [0.717, 1.165) is 85.3 Å². The van der Waals surface area contributed by atoms with E-state index in [1.807, 2.05) is 6.07 Å². The van der Waals surface area contributed by atoms with Gasteiger partial charge in [-0.2, -0.15) is 0 Å². The van der Waals surface area contributed by atoms with Crippen LogP contribution >= 0.6 is 22.7 Å². The summed E-state index contributed by atoms with van der Waals surface area (Å²) in [6.45, 7) is 7.57. The van der Waals surface area contributed by atoms with Gasteiger partial charge in [0.1, 0.15) is 9.71 Å². The van der Waals surface area contributed by atoms with Gasteiger partial charge in [0.25, 0.3) is 5.91 Å². The van der Waals surface area contributed by atoms with Gasteiger partial charge in [0.05, 0.1) is 24.6 Å². The minimum Gasteiger partial charge on any atom is -0.397 e. The molecule has 9 heteroatoms. The summed E-state index contributed by atoms with van der Waals surface area (Å²) in [6.07, 6.45) is 1.13. The molecule has 4 N–H and O–H groups in total. The van der Waals surface area contributed by atoms with Gasteiger partial charge in [0, 0.05) is 48.6 Å². The molecule has 5 rings (SSSR count). The van der Waals surface area contributed by atoms with Gasteiger partial charge < -0.3 is 16.2 Å². The average molecular weight is 444 g/mol. The number of aromatic nitrogens is 1. The van der Waals surface area contributed by atoms with E-state index in [1.54, 1.807) is 11.3 Å². The highest BCUT2D eigenvalue weighted by Gasteiger charge is 2.29. The molecular weight excluding hydrogens is 418 g/mol. The molecule has 0 radical (unpaired) electrons. The van der Waals surface area contributed by atoms with Crippen molar-refractivity contribution in [2.75, 3.05) is 45.1 Å². The Morgan fingerprint density at radius 2 is 2.00 bits per heavy atom. The van der Waals surface area contributed by atoms with Gasteiger partial charge in [0.15, 0.2) is 0 Å². The zero-order valence-corrected chi connectivity index (χ0v) is 18.4. The summed E-state index contributed by atoms with van der Waals surface area (Å²) in [5.74, 6) is -0.488. The number of anilines is 1. The van der Waals surface area contributed by atoms with Crippen molar-refractivity contribution >= 4 is 44.5 Å². The van der Waals surface area contributed by atoms with Crippen molar-refractivity contribution in [1.29, 1.82) is 0 Å². The lowest BCUT2D eigenvalue weighted by Gasteiger charge is -2.27. The fourth-order valence-corrected chi connectivity index (χ4v) is 6.19. The lowest BCUT2D eigenvalue weighted by molar-refractivity contribution is 0.0360. The fraction of sp³-hybridized carbons (Fsp3) is 0.429. The molecule has 1 fully saturated rings. The van der Waals surface area contributed by atoms with Crippen molar-refractivity contribution in [2.24, 2.45) is 5.73 Å². The van der Waals surface area contributed by atoms with Crippen LogP contribution in [0.2, 0.25) is 0 Å². The van der Waals surface area contributed by atoms with E-state index in [0.29, 0.717) is 10.6 Å². The van der Waals surface area contributed by atoms with E-state index in [9.17, 15) is 4.79 Å². The molecule has 1 amide bonds. The van der Waals surface area contributed by atoms with Crippen molar-refractivity contribution < 1.29 is 9.53 Å². The van der Waals surface area contributed by atoms with Crippen LogP contribution in [0, 0.1) is 0 Å². The molecule has 7 nitrogen and oxygen atoms in total. The molecule has 0 atom stereocenters. The number of carbonyl (C=O) groups excluding carboxylic acids is 1. The number of ether oxygens (including phenoxy) is 1. The van der Waals surface area contributed by atoms with Crippen LogP contribution in [-0.2, 0) is 17.8 Å². The molecule has 0 spiro atoms. The molecule has 0 aliphatic carbocycles. The Morgan fingerprint density at radius 3 is 2.73 bits per heavy atom. The highest BCUT2D eigenvalue weighted by Crippen LogP contribution is 2.45.